The van der Waals surface area contributed by atoms with Crippen molar-refractivity contribution in [3.63, 3.8) is 0 Å². The number of anilines is 1. The van der Waals surface area contributed by atoms with E-state index in [2.05, 4.69) is 5.32 Å². The van der Waals surface area contributed by atoms with E-state index in [4.69, 9.17) is 14.2 Å². The van der Waals surface area contributed by atoms with Crippen LogP contribution in [0, 0.1) is 6.92 Å². The van der Waals surface area contributed by atoms with Gasteiger partial charge in [0, 0.05) is 6.07 Å². The molecular formula is C26H28N2O6S. The second kappa shape index (κ2) is 10.7. The maximum absolute atomic E-state index is 13.5. The van der Waals surface area contributed by atoms with Crippen molar-refractivity contribution in [1.29, 1.82) is 0 Å². The standard InChI is InChI=1S/C26H28N2O6S/c1-19-8-6-7-11-23(19)34-18-20(2)27-26(29)17-28(35(30,31)22-9-4-3-5-10-22)21-12-13-24-25(16-21)33-15-14-32-24/h3-13,16,20H,14-15,17-18H2,1-2H3,(H,27,29). The molecule has 0 spiro atoms. The maximum atomic E-state index is 13.5. The van der Waals surface area contributed by atoms with Crippen LogP contribution in [-0.2, 0) is 14.8 Å². The van der Waals surface area contributed by atoms with Gasteiger partial charge in [-0.1, -0.05) is 36.4 Å². The normalized spacial score (nSPS) is 13.5. The Bertz CT molecular complexity index is 1280. The Balaban J connectivity index is 1.52. The summed E-state index contributed by atoms with van der Waals surface area (Å²) in [5, 5.41) is 2.83. The highest BCUT2D eigenvalue weighted by Crippen LogP contribution is 2.35. The van der Waals surface area contributed by atoms with Gasteiger partial charge in [-0.15, -0.1) is 0 Å². The molecule has 0 saturated heterocycles. The first-order valence-electron chi connectivity index (χ1n) is 11.3. The molecule has 1 atom stereocenters. The number of nitrogens with zero attached hydrogens (tertiary/aromatic N) is 1. The number of hydrogen-bond acceptors (Lipinski definition) is 6. The van der Waals surface area contributed by atoms with Crippen molar-refractivity contribution in [2.75, 3.05) is 30.7 Å². The lowest BCUT2D eigenvalue weighted by molar-refractivity contribution is -0.120. The van der Waals surface area contributed by atoms with Crippen molar-refractivity contribution in [3.8, 4) is 17.2 Å². The number of fused-ring (bicyclic) bond motifs is 1. The van der Waals surface area contributed by atoms with Crippen LogP contribution >= 0.6 is 0 Å². The lowest BCUT2D eigenvalue weighted by Gasteiger charge is -2.27. The van der Waals surface area contributed by atoms with Gasteiger partial charge in [0.1, 0.15) is 32.1 Å². The zero-order valence-corrected chi connectivity index (χ0v) is 20.5. The first-order chi connectivity index (χ1) is 16.8. The Morgan fingerprint density at radius 1 is 1.00 bits per heavy atom. The molecule has 1 aliphatic heterocycles. The number of rotatable bonds is 9. The van der Waals surface area contributed by atoms with Gasteiger partial charge in [0.05, 0.1) is 16.6 Å². The Hall–Kier alpha value is -3.72. The van der Waals surface area contributed by atoms with Gasteiger partial charge in [-0.3, -0.25) is 9.10 Å². The van der Waals surface area contributed by atoms with Crippen molar-refractivity contribution < 1.29 is 27.4 Å². The van der Waals surface area contributed by atoms with E-state index in [1.54, 1.807) is 43.3 Å². The molecule has 0 bridgehead atoms. The number of para-hydroxylation sites is 1. The van der Waals surface area contributed by atoms with Gasteiger partial charge in [0.15, 0.2) is 11.5 Å². The number of nitrogens with one attached hydrogen (secondary N) is 1. The minimum Gasteiger partial charge on any atom is -0.491 e. The Labute approximate surface area is 205 Å². The number of benzene rings is 3. The minimum absolute atomic E-state index is 0.0821. The van der Waals surface area contributed by atoms with E-state index in [1.165, 1.54) is 12.1 Å². The van der Waals surface area contributed by atoms with Gasteiger partial charge in [0.2, 0.25) is 5.91 Å². The third-order valence-electron chi connectivity index (χ3n) is 5.42. The molecule has 3 aromatic rings. The molecule has 1 heterocycles. The van der Waals surface area contributed by atoms with Crippen molar-refractivity contribution in [2.45, 2.75) is 24.8 Å². The molecule has 0 fully saturated rings. The summed E-state index contributed by atoms with van der Waals surface area (Å²) in [6, 6.07) is 20.1. The lowest BCUT2D eigenvalue weighted by atomic mass is 10.2. The van der Waals surface area contributed by atoms with Crippen molar-refractivity contribution >= 4 is 21.6 Å². The van der Waals surface area contributed by atoms with Crippen LogP contribution < -0.4 is 23.8 Å². The topological polar surface area (TPSA) is 94.2 Å². The highest BCUT2D eigenvalue weighted by atomic mass is 32.2. The monoisotopic (exact) mass is 496 g/mol. The first-order valence-corrected chi connectivity index (χ1v) is 12.7. The lowest BCUT2D eigenvalue weighted by Crippen LogP contribution is -2.45. The fourth-order valence-electron chi connectivity index (χ4n) is 3.65. The highest BCUT2D eigenvalue weighted by molar-refractivity contribution is 7.92. The highest BCUT2D eigenvalue weighted by Gasteiger charge is 2.29. The minimum atomic E-state index is -4.03. The molecule has 8 nitrogen and oxygen atoms in total. The van der Waals surface area contributed by atoms with Crippen LogP contribution in [0.2, 0.25) is 0 Å². The van der Waals surface area contributed by atoms with E-state index < -0.39 is 22.5 Å². The maximum Gasteiger partial charge on any atom is 0.264 e. The molecule has 0 aromatic heterocycles. The molecule has 3 aromatic carbocycles. The molecule has 184 valence electrons. The Morgan fingerprint density at radius 2 is 1.69 bits per heavy atom. The molecule has 0 saturated carbocycles. The fourth-order valence-corrected chi connectivity index (χ4v) is 5.08. The SMILES string of the molecule is Cc1ccccc1OCC(C)NC(=O)CN(c1ccc2c(c1)OCCO2)S(=O)(=O)c1ccccc1. The first kappa shape index (κ1) is 24.4. The van der Waals surface area contributed by atoms with Gasteiger partial charge in [-0.2, -0.15) is 0 Å². The molecule has 1 aliphatic rings. The summed E-state index contributed by atoms with van der Waals surface area (Å²) in [6.07, 6.45) is 0. The molecule has 4 rings (SSSR count). The zero-order chi connectivity index (χ0) is 24.8. The summed E-state index contributed by atoms with van der Waals surface area (Å²) in [7, 11) is -4.03. The average molecular weight is 497 g/mol. The number of aryl methyl sites for hydroxylation is 1. The number of amides is 1. The average Bonchev–Trinajstić information content (AvgIpc) is 2.87. The van der Waals surface area contributed by atoms with Crippen LogP contribution in [0.4, 0.5) is 5.69 Å². The van der Waals surface area contributed by atoms with Crippen LogP contribution in [0.25, 0.3) is 0 Å². The summed E-state index contributed by atoms with van der Waals surface area (Å²) in [6.45, 7) is 4.36. The summed E-state index contributed by atoms with van der Waals surface area (Å²) < 4.78 is 45.1. The Morgan fingerprint density at radius 3 is 2.43 bits per heavy atom. The number of ether oxygens (including phenoxy) is 3. The molecule has 1 unspecified atom stereocenters. The van der Waals surface area contributed by atoms with E-state index in [1.807, 2.05) is 31.2 Å². The molecule has 9 heteroatoms. The van der Waals surface area contributed by atoms with Crippen LogP contribution in [-0.4, -0.2) is 46.7 Å². The third kappa shape index (κ3) is 5.86. The van der Waals surface area contributed by atoms with Gasteiger partial charge in [-0.05, 0) is 49.7 Å². The molecule has 1 N–H and O–H groups in total. The van der Waals surface area contributed by atoms with Crippen molar-refractivity contribution in [2.24, 2.45) is 0 Å². The van der Waals surface area contributed by atoms with Gasteiger partial charge in [0.25, 0.3) is 10.0 Å². The van der Waals surface area contributed by atoms with E-state index in [9.17, 15) is 13.2 Å². The smallest absolute Gasteiger partial charge is 0.264 e. The van der Waals surface area contributed by atoms with Crippen molar-refractivity contribution in [1.82, 2.24) is 5.32 Å². The predicted octanol–water partition coefficient (Wildman–Crippen LogP) is 3.55. The number of carbonyl (C=O) groups is 1. The predicted molar refractivity (Wildman–Crippen MR) is 133 cm³/mol. The van der Waals surface area contributed by atoms with Crippen LogP contribution in [0.15, 0.2) is 77.7 Å². The van der Waals surface area contributed by atoms with Gasteiger partial charge >= 0.3 is 0 Å². The summed E-state index contributed by atoms with van der Waals surface area (Å²) in [4.78, 5) is 13.0. The second-order valence-corrected chi connectivity index (χ2v) is 10.1. The van der Waals surface area contributed by atoms with Crippen molar-refractivity contribution in [3.05, 3.63) is 78.4 Å². The largest absolute Gasteiger partial charge is 0.491 e. The molecule has 0 radical (unpaired) electrons. The van der Waals surface area contributed by atoms with E-state index in [0.29, 0.717) is 30.4 Å². The molecule has 0 aliphatic carbocycles. The third-order valence-corrected chi connectivity index (χ3v) is 7.21. The quantitative estimate of drug-likeness (QED) is 0.487. The van der Waals surface area contributed by atoms with Crippen LogP contribution in [0.5, 0.6) is 17.2 Å². The molecule has 35 heavy (non-hydrogen) atoms. The van der Waals surface area contributed by atoms with E-state index in [-0.39, 0.29) is 17.5 Å². The van der Waals surface area contributed by atoms with Gasteiger partial charge in [-0.25, -0.2) is 8.42 Å². The van der Waals surface area contributed by atoms with E-state index in [0.717, 1.165) is 15.6 Å². The van der Waals surface area contributed by atoms with Crippen LogP contribution in [0.1, 0.15) is 12.5 Å². The second-order valence-electron chi connectivity index (χ2n) is 8.20. The number of hydrogen-bond donors (Lipinski definition) is 1. The van der Waals surface area contributed by atoms with Gasteiger partial charge < -0.3 is 19.5 Å². The van der Waals surface area contributed by atoms with E-state index >= 15 is 0 Å². The fraction of sp³-hybridized carbons (Fsp3) is 0.269. The zero-order valence-electron chi connectivity index (χ0n) is 19.6. The summed E-state index contributed by atoms with van der Waals surface area (Å²) >= 11 is 0. The Kier molecular flexibility index (Phi) is 7.45. The number of carbonyl (C=O) groups excluding carboxylic acids is 1. The molecular weight excluding hydrogens is 468 g/mol. The molecule has 1 amide bonds. The summed E-state index contributed by atoms with van der Waals surface area (Å²) in [5.74, 6) is 1.24. The summed E-state index contributed by atoms with van der Waals surface area (Å²) in [5.41, 5.74) is 1.29. The number of sulfonamides is 1. The van der Waals surface area contributed by atoms with Crippen LogP contribution in [0.3, 0.4) is 0 Å².